The normalized spacial score (nSPS) is 11.8. The molecule has 0 radical (unpaired) electrons. The highest BCUT2D eigenvalue weighted by molar-refractivity contribution is 7.89. The zero-order chi connectivity index (χ0) is 12.5. The lowest BCUT2D eigenvalue weighted by Gasteiger charge is -2.11. The summed E-state index contributed by atoms with van der Waals surface area (Å²) in [5.41, 5.74) is -1.05. The maximum absolute atomic E-state index is 12.6. The summed E-state index contributed by atoms with van der Waals surface area (Å²) in [5.74, 6) is -1.35. The molecule has 0 aromatic carbocycles. The first-order valence-corrected chi connectivity index (χ1v) is 5.40. The van der Waals surface area contributed by atoms with Gasteiger partial charge in [-0.3, -0.25) is 0 Å². The Morgan fingerprint density at radius 1 is 1.56 bits per heavy atom. The smallest absolute Gasteiger partial charge is 0.270 e. The topological polar surface area (TPSA) is 103 Å². The molecule has 0 aliphatic rings. The third kappa shape index (κ3) is 2.19. The molecule has 9 heteroatoms. The number of alkyl halides is 2. The molecule has 0 saturated heterocycles. The maximum Gasteiger partial charge on any atom is 0.270 e. The minimum Gasteiger partial charge on any atom is -0.503 e. The zero-order valence-corrected chi connectivity index (χ0v) is 8.83. The predicted octanol–water partition coefficient (Wildman–Crippen LogP) is 0.381. The highest BCUT2D eigenvalue weighted by atomic mass is 32.2. The van der Waals surface area contributed by atoms with E-state index in [9.17, 15) is 22.3 Å². The fourth-order valence-corrected chi connectivity index (χ4v) is 1.80. The standard InChI is InChI=1S/C7H8F2N2O4S/c1-15-5-3(12)2-11-7(16(10,13)14)4(5)6(8)9/h2,6,12H,1H3,(H2,10,13,14). The SMILES string of the molecule is COc1c(O)cnc(S(N)(=O)=O)c1C(F)F. The quantitative estimate of drug-likeness (QED) is 0.811. The van der Waals surface area contributed by atoms with Gasteiger partial charge in [0.25, 0.3) is 16.4 Å². The molecule has 1 aromatic heterocycles. The molecule has 0 amide bonds. The zero-order valence-electron chi connectivity index (χ0n) is 8.02. The fourth-order valence-electron chi connectivity index (χ4n) is 1.12. The van der Waals surface area contributed by atoms with E-state index >= 15 is 0 Å². The number of hydrogen-bond donors (Lipinski definition) is 2. The summed E-state index contributed by atoms with van der Waals surface area (Å²) in [6.07, 6.45) is -2.52. The van der Waals surface area contributed by atoms with E-state index in [0.29, 0.717) is 6.20 Å². The summed E-state index contributed by atoms with van der Waals surface area (Å²) < 4.78 is 51.7. The lowest BCUT2D eigenvalue weighted by Crippen LogP contribution is -2.17. The average molecular weight is 254 g/mol. The van der Waals surface area contributed by atoms with Gasteiger partial charge in [0.2, 0.25) is 0 Å². The molecule has 1 aromatic rings. The van der Waals surface area contributed by atoms with Gasteiger partial charge in [-0.2, -0.15) is 0 Å². The molecular weight excluding hydrogens is 246 g/mol. The fraction of sp³-hybridized carbons (Fsp3) is 0.286. The molecule has 0 spiro atoms. The first-order valence-electron chi connectivity index (χ1n) is 3.85. The van der Waals surface area contributed by atoms with E-state index in [2.05, 4.69) is 9.72 Å². The Labute approximate surface area is 89.7 Å². The second-order valence-corrected chi connectivity index (χ2v) is 4.22. The molecule has 90 valence electrons. The van der Waals surface area contributed by atoms with Crippen LogP contribution in [0.15, 0.2) is 11.2 Å². The highest BCUT2D eigenvalue weighted by Gasteiger charge is 2.28. The molecule has 0 aliphatic carbocycles. The van der Waals surface area contributed by atoms with Gasteiger partial charge >= 0.3 is 0 Å². The van der Waals surface area contributed by atoms with E-state index in [4.69, 9.17) is 5.14 Å². The van der Waals surface area contributed by atoms with Gasteiger partial charge in [-0.05, 0) is 0 Å². The number of methoxy groups -OCH3 is 1. The van der Waals surface area contributed by atoms with E-state index in [1.165, 1.54) is 0 Å². The molecular formula is C7H8F2N2O4S. The lowest BCUT2D eigenvalue weighted by atomic mass is 10.2. The Morgan fingerprint density at radius 2 is 2.12 bits per heavy atom. The van der Waals surface area contributed by atoms with Crippen LogP contribution in [0, 0.1) is 0 Å². The number of primary sulfonamides is 1. The average Bonchev–Trinajstić information content (AvgIpc) is 2.14. The first kappa shape index (κ1) is 12.6. The lowest BCUT2D eigenvalue weighted by molar-refractivity contribution is 0.141. The van der Waals surface area contributed by atoms with Crippen LogP contribution in [0.1, 0.15) is 12.0 Å². The molecule has 1 rings (SSSR count). The van der Waals surface area contributed by atoms with Crippen LogP contribution in [0.4, 0.5) is 8.78 Å². The van der Waals surface area contributed by atoms with Gasteiger partial charge in [0.1, 0.15) is 5.56 Å². The van der Waals surface area contributed by atoms with Gasteiger partial charge in [-0.15, -0.1) is 0 Å². The van der Waals surface area contributed by atoms with Gasteiger partial charge in [0.15, 0.2) is 16.5 Å². The summed E-state index contributed by atoms with van der Waals surface area (Å²) in [6.45, 7) is 0. The van der Waals surface area contributed by atoms with Crippen molar-refractivity contribution in [2.24, 2.45) is 5.14 Å². The van der Waals surface area contributed by atoms with Crippen LogP contribution in [-0.2, 0) is 10.0 Å². The Morgan fingerprint density at radius 3 is 2.50 bits per heavy atom. The molecule has 0 bridgehead atoms. The number of aromatic hydroxyl groups is 1. The van der Waals surface area contributed by atoms with Gasteiger partial charge in [-0.1, -0.05) is 0 Å². The largest absolute Gasteiger partial charge is 0.503 e. The summed E-state index contributed by atoms with van der Waals surface area (Å²) in [4.78, 5) is 3.16. The molecule has 0 unspecified atom stereocenters. The molecule has 0 atom stereocenters. The van der Waals surface area contributed by atoms with Crippen molar-refractivity contribution in [3.63, 3.8) is 0 Å². The molecule has 0 aliphatic heterocycles. The Bertz CT molecular complexity index is 503. The van der Waals surface area contributed by atoms with E-state index < -0.39 is 38.5 Å². The van der Waals surface area contributed by atoms with E-state index in [-0.39, 0.29) is 0 Å². The monoisotopic (exact) mass is 254 g/mol. The van der Waals surface area contributed by atoms with Crippen molar-refractivity contribution >= 4 is 10.0 Å². The summed E-state index contributed by atoms with van der Waals surface area (Å²) in [6, 6.07) is 0. The number of rotatable bonds is 3. The van der Waals surface area contributed by atoms with Crippen LogP contribution < -0.4 is 9.88 Å². The third-order valence-corrected chi connectivity index (χ3v) is 2.57. The van der Waals surface area contributed by atoms with Gasteiger partial charge < -0.3 is 9.84 Å². The number of pyridine rings is 1. The van der Waals surface area contributed by atoms with Crippen LogP contribution >= 0.6 is 0 Å². The number of hydrogen-bond acceptors (Lipinski definition) is 5. The van der Waals surface area contributed by atoms with Crippen molar-refractivity contribution in [3.05, 3.63) is 11.8 Å². The van der Waals surface area contributed by atoms with Crippen LogP contribution in [0.5, 0.6) is 11.5 Å². The van der Waals surface area contributed by atoms with Crippen LogP contribution in [0.3, 0.4) is 0 Å². The summed E-state index contributed by atoms with van der Waals surface area (Å²) in [7, 11) is -3.40. The van der Waals surface area contributed by atoms with E-state index in [1.54, 1.807) is 0 Å². The van der Waals surface area contributed by atoms with E-state index in [1.807, 2.05) is 0 Å². The second kappa shape index (κ2) is 4.18. The Balaban J connectivity index is 3.65. The molecule has 3 N–H and O–H groups in total. The number of nitrogens with zero attached hydrogens (tertiary/aromatic N) is 1. The minimum absolute atomic E-state index is 0.658. The number of ether oxygens (including phenoxy) is 1. The highest BCUT2D eigenvalue weighted by Crippen LogP contribution is 2.38. The Hall–Kier alpha value is -1.48. The van der Waals surface area contributed by atoms with Crippen LogP contribution in [0.2, 0.25) is 0 Å². The molecule has 0 fully saturated rings. The minimum atomic E-state index is -4.41. The first-order chi connectivity index (χ1) is 7.29. The van der Waals surface area contributed by atoms with E-state index in [0.717, 1.165) is 7.11 Å². The van der Waals surface area contributed by atoms with Crippen molar-refractivity contribution in [1.82, 2.24) is 4.98 Å². The van der Waals surface area contributed by atoms with Crippen LogP contribution in [-0.4, -0.2) is 25.6 Å². The molecule has 16 heavy (non-hydrogen) atoms. The number of halogens is 2. The van der Waals surface area contributed by atoms with Crippen molar-refractivity contribution in [1.29, 1.82) is 0 Å². The molecule has 6 nitrogen and oxygen atoms in total. The van der Waals surface area contributed by atoms with Crippen molar-refractivity contribution in [3.8, 4) is 11.5 Å². The number of sulfonamides is 1. The van der Waals surface area contributed by atoms with Crippen LogP contribution in [0.25, 0.3) is 0 Å². The van der Waals surface area contributed by atoms with Gasteiger partial charge in [0.05, 0.1) is 13.3 Å². The number of nitrogens with two attached hydrogens (primary N) is 1. The summed E-state index contributed by atoms with van der Waals surface area (Å²) >= 11 is 0. The number of aromatic nitrogens is 1. The van der Waals surface area contributed by atoms with Crippen molar-refractivity contribution in [2.75, 3.05) is 7.11 Å². The summed E-state index contributed by atoms with van der Waals surface area (Å²) in [5, 5.41) is 12.9. The predicted molar refractivity (Wildman–Crippen MR) is 48.8 cm³/mol. The second-order valence-electron chi connectivity index (χ2n) is 2.74. The Kier molecular flexibility index (Phi) is 3.29. The van der Waals surface area contributed by atoms with Crippen molar-refractivity contribution < 1.29 is 27.0 Å². The van der Waals surface area contributed by atoms with Gasteiger partial charge in [-0.25, -0.2) is 27.3 Å². The molecule has 0 saturated carbocycles. The third-order valence-electron chi connectivity index (χ3n) is 1.70. The maximum atomic E-state index is 12.6. The van der Waals surface area contributed by atoms with Gasteiger partial charge in [0, 0.05) is 0 Å². The van der Waals surface area contributed by atoms with Crippen molar-refractivity contribution in [2.45, 2.75) is 11.5 Å². The molecule has 1 heterocycles.